The summed E-state index contributed by atoms with van der Waals surface area (Å²) in [5.74, 6) is 0. The Morgan fingerprint density at radius 1 is 1.29 bits per heavy atom. The predicted octanol–water partition coefficient (Wildman–Crippen LogP) is 1.66. The Morgan fingerprint density at radius 2 is 1.57 bits per heavy atom. The molecular weight excluding hydrogens is 101 g/mol. The smallest absolute Gasteiger partial charge is 0.198 e. The van der Waals surface area contributed by atoms with E-state index in [1.807, 2.05) is 0 Å². The molecule has 0 aromatic carbocycles. The van der Waals surface area contributed by atoms with Gasteiger partial charge in [-0.15, -0.1) is 10.6 Å². The molecule has 0 spiro atoms. The highest BCUT2D eigenvalue weighted by atomic mass is 27.1. The standard InChI is InChI=1S/2C2H5.CN.Al/c3*1-2;/h2*1H2,2H3;;/q;;-1;. The van der Waals surface area contributed by atoms with Gasteiger partial charge < -0.3 is 11.8 Å². The highest BCUT2D eigenvalue weighted by molar-refractivity contribution is 6.34. The average Bonchev–Trinajstić information content (AvgIpc) is 1.75. The third-order valence-electron chi connectivity index (χ3n) is 0.577. The van der Waals surface area contributed by atoms with Gasteiger partial charge in [0.1, 0.15) is 0 Å². The van der Waals surface area contributed by atoms with Crippen molar-refractivity contribution in [2.45, 2.75) is 24.4 Å². The summed E-state index contributed by atoms with van der Waals surface area (Å²) in [6.45, 7) is 9.25. The Labute approximate surface area is 52.1 Å². The number of nitrogens with zero attached hydrogens (tertiary/aromatic N) is 1. The van der Waals surface area contributed by atoms with Crippen molar-refractivity contribution in [3.8, 4) is 0 Å². The average molecular weight is 111 g/mol. The van der Waals surface area contributed by atoms with Crippen molar-refractivity contribution < 1.29 is 0 Å². The van der Waals surface area contributed by atoms with Crippen LogP contribution in [0.5, 0.6) is 0 Å². The van der Waals surface area contributed by atoms with Crippen molar-refractivity contribution in [1.82, 2.24) is 0 Å². The molecule has 0 N–H and O–H groups in total. The van der Waals surface area contributed by atoms with Crippen LogP contribution in [0.2, 0.25) is 10.6 Å². The molecule has 0 fully saturated rings. The van der Waals surface area contributed by atoms with Gasteiger partial charge in [-0.1, -0.05) is 13.8 Å². The maximum atomic E-state index is 6.25. The molecule has 0 atom stereocenters. The molecule has 0 rings (SSSR count). The lowest BCUT2D eigenvalue weighted by Gasteiger charge is -1.74. The normalized spacial score (nSPS) is 5.71. The molecule has 0 unspecified atom stereocenters. The summed E-state index contributed by atoms with van der Waals surface area (Å²) in [5.41, 5.74) is 0. The van der Waals surface area contributed by atoms with Crippen LogP contribution in [0.4, 0.5) is 0 Å². The van der Waals surface area contributed by atoms with E-state index >= 15 is 0 Å². The Balaban J connectivity index is 0. The summed E-state index contributed by atoms with van der Waals surface area (Å²) < 4.78 is 0. The Bertz CT molecular complexity index is 32.3. The Hall–Kier alpha value is 0.0225. The quantitative estimate of drug-likeness (QED) is 0.392. The van der Waals surface area contributed by atoms with Crippen molar-refractivity contribution in [3.63, 3.8) is 0 Å². The highest BCUT2D eigenvalue weighted by Crippen LogP contribution is 1.77. The van der Waals surface area contributed by atoms with E-state index in [2.05, 4.69) is 13.8 Å². The number of hydrogen-bond acceptors (Lipinski definition) is 1. The molecule has 0 aliphatic carbocycles. The van der Waals surface area contributed by atoms with Gasteiger partial charge >= 0.3 is 0 Å². The molecule has 0 saturated heterocycles. The second kappa shape index (κ2) is 16.6. The van der Waals surface area contributed by atoms with E-state index in [1.54, 1.807) is 0 Å². The van der Waals surface area contributed by atoms with Crippen LogP contribution in [0.15, 0.2) is 0 Å². The van der Waals surface area contributed by atoms with Crippen molar-refractivity contribution in [3.05, 3.63) is 6.57 Å². The minimum atomic E-state index is 0.815. The minimum Gasteiger partial charge on any atom is -0.512 e. The summed E-state index contributed by atoms with van der Waals surface area (Å²) in [4.78, 5) is 0. The summed E-state index contributed by atoms with van der Waals surface area (Å²) in [6.07, 6.45) is 0. The Morgan fingerprint density at radius 3 is 1.57 bits per heavy atom. The molecule has 7 heavy (non-hydrogen) atoms. The van der Waals surface area contributed by atoms with Crippen LogP contribution in [0, 0.1) is 11.8 Å². The summed E-state index contributed by atoms with van der Waals surface area (Å²) in [6, 6.07) is 0. The maximum Gasteiger partial charge on any atom is 0.198 e. The fourth-order valence-electron chi connectivity index (χ4n) is 0.289. The zero-order valence-electron chi connectivity index (χ0n) is 4.94. The van der Waals surface area contributed by atoms with Gasteiger partial charge in [-0.3, -0.25) is 0 Å². The van der Waals surface area contributed by atoms with Gasteiger partial charge in [0.15, 0.2) is 15.2 Å². The second-order valence-electron chi connectivity index (χ2n) is 1.11. The monoisotopic (exact) mass is 111 g/mol. The van der Waals surface area contributed by atoms with Crippen LogP contribution in [0.25, 0.3) is 0 Å². The fourth-order valence-corrected chi connectivity index (χ4v) is 0.866. The SMILES string of the molecule is C[CH2][Al][CH2]C.[C-]#N. The largest absolute Gasteiger partial charge is 0.512 e. The molecule has 0 aliphatic rings. The topological polar surface area (TPSA) is 23.8 Å². The second-order valence-corrected chi connectivity index (χ2v) is 3.32. The minimum absolute atomic E-state index is 0.815. The van der Waals surface area contributed by atoms with Gasteiger partial charge in [-0.2, -0.15) is 0 Å². The van der Waals surface area contributed by atoms with Gasteiger partial charge in [-0.25, -0.2) is 0 Å². The van der Waals surface area contributed by atoms with Crippen LogP contribution in [0.3, 0.4) is 0 Å². The lowest BCUT2D eigenvalue weighted by molar-refractivity contribution is 1.36. The van der Waals surface area contributed by atoms with Gasteiger partial charge in [-0.05, 0) is 0 Å². The van der Waals surface area contributed by atoms with Gasteiger partial charge in [0.25, 0.3) is 0 Å². The van der Waals surface area contributed by atoms with Crippen LogP contribution in [-0.4, -0.2) is 15.2 Å². The number of hydrogen-bond donors (Lipinski definition) is 0. The molecule has 0 aromatic heterocycles. The molecule has 0 saturated carbocycles. The molecule has 39 valence electrons. The molecule has 0 heterocycles. The van der Waals surface area contributed by atoms with Crippen LogP contribution in [0.1, 0.15) is 13.8 Å². The van der Waals surface area contributed by atoms with Gasteiger partial charge in [0, 0.05) is 0 Å². The van der Waals surface area contributed by atoms with E-state index in [4.69, 9.17) is 11.8 Å². The molecular formula is C5H10AlN-. The van der Waals surface area contributed by atoms with E-state index in [1.165, 1.54) is 10.6 Å². The maximum absolute atomic E-state index is 6.25. The molecule has 0 aromatic rings. The van der Waals surface area contributed by atoms with E-state index in [9.17, 15) is 0 Å². The molecule has 0 aliphatic heterocycles. The lowest BCUT2D eigenvalue weighted by atomic mass is 10.9. The zero-order chi connectivity index (χ0) is 6.12. The fraction of sp³-hybridized carbons (Fsp3) is 0.800. The first kappa shape index (κ1) is 10.1. The van der Waals surface area contributed by atoms with Crippen LogP contribution in [-0.2, 0) is 0 Å². The van der Waals surface area contributed by atoms with Gasteiger partial charge in [0.2, 0.25) is 0 Å². The third kappa shape index (κ3) is 23.8. The van der Waals surface area contributed by atoms with Crippen molar-refractivity contribution in [1.29, 1.82) is 5.26 Å². The molecule has 1 nitrogen and oxygen atoms in total. The van der Waals surface area contributed by atoms with Crippen molar-refractivity contribution in [2.75, 3.05) is 0 Å². The molecule has 1 radical (unpaired) electrons. The first-order valence-electron chi connectivity index (χ1n) is 2.45. The highest BCUT2D eigenvalue weighted by Gasteiger charge is 1.74. The summed E-state index contributed by atoms with van der Waals surface area (Å²) in [7, 11) is 0. The van der Waals surface area contributed by atoms with Gasteiger partial charge in [0.05, 0.1) is 0 Å². The first-order chi connectivity index (χ1) is 3.41. The lowest BCUT2D eigenvalue weighted by Crippen LogP contribution is -1.76. The molecule has 0 bridgehead atoms. The Kier molecular flexibility index (Phi) is 24.0. The van der Waals surface area contributed by atoms with Crippen LogP contribution < -0.4 is 0 Å². The van der Waals surface area contributed by atoms with Crippen molar-refractivity contribution in [2.24, 2.45) is 0 Å². The molecule has 2 heteroatoms. The summed E-state index contributed by atoms with van der Waals surface area (Å²) >= 11 is 0.815. The van der Waals surface area contributed by atoms with E-state index in [-0.39, 0.29) is 0 Å². The summed E-state index contributed by atoms with van der Waals surface area (Å²) in [5, 5.41) is 9.10. The van der Waals surface area contributed by atoms with E-state index in [0.29, 0.717) is 0 Å². The van der Waals surface area contributed by atoms with Crippen molar-refractivity contribution >= 4 is 15.2 Å². The third-order valence-corrected chi connectivity index (χ3v) is 1.73. The van der Waals surface area contributed by atoms with E-state index < -0.39 is 0 Å². The zero-order valence-corrected chi connectivity index (χ0v) is 6.09. The first-order valence-corrected chi connectivity index (χ1v) is 4.09. The molecule has 0 amide bonds. The van der Waals surface area contributed by atoms with E-state index in [0.717, 1.165) is 15.2 Å². The number of rotatable bonds is 2. The van der Waals surface area contributed by atoms with Crippen LogP contribution >= 0.6 is 0 Å². The predicted molar refractivity (Wildman–Crippen MR) is 31.7 cm³/mol.